The van der Waals surface area contributed by atoms with Gasteiger partial charge in [-0.3, -0.25) is 10.4 Å². The standard InChI is InChI=1S/C5H9N3/c1-4-7-3-5(6)8(4)2/h6H,3H2,1-2H3. The highest BCUT2D eigenvalue weighted by Crippen LogP contribution is 1.97. The van der Waals surface area contributed by atoms with Crippen molar-refractivity contribution in [1.29, 1.82) is 5.41 Å². The summed E-state index contributed by atoms with van der Waals surface area (Å²) in [5.74, 6) is 1.53. The van der Waals surface area contributed by atoms with E-state index in [-0.39, 0.29) is 0 Å². The molecule has 1 N–H and O–H groups in total. The van der Waals surface area contributed by atoms with Gasteiger partial charge in [-0.25, -0.2) is 0 Å². The summed E-state index contributed by atoms with van der Waals surface area (Å²) in [6.07, 6.45) is 0. The highest BCUT2D eigenvalue weighted by Gasteiger charge is 2.12. The van der Waals surface area contributed by atoms with Crippen LogP contribution in [0.15, 0.2) is 4.99 Å². The van der Waals surface area contributed by atoms with Gasteiger partial charge in [0.15, 0.2) is 0 Å². The van der Waals surface area contributed by atoms with E-state index >= 15 is 0 Å². The molecular weight excluding hydrogens is 102 g/mol. The number of likely N-dealkylation sites (N-methyl/N-ethyl adjacent to an activating group) is 1. The second-order valence-electron chi connectivity index (χ2n) is 1.87. The van der Waals surface area contributed by atoms with E-state index in [2.05, 4.69) is 4.99 Å². The fraction of sp³-hybridized carbons (Fsp3) is 0.600. The van der Waals surface area contributed by atoms with E-state index in [1.165, 1.54) is 0 Å². The molecule has 44 valence electrons. The van der Waals surface area contributed by atoms with Crippen LogP contribution in [-0.2, 0) is 0 Å². The van der Waals surface area contributed by atoms with Crippen molar-refractivity contribution in [1.82, 2.24) is 4.90 Å². The van der Waals surface area contributed by atoms with E-state index in [1.807, 2.05) is 14.0 Å². The Labute approximate surface area is 48.5 Å². The smallest absolute Gasteiger partial charge is 0.123 e. The maximum Gasteiger partial charge on any atom is 0.123 e. The van der Waals surface area contributed by atoms with Gasteiger partial charge in [0, 0.05) is 7.05 Å². The summed E-state index contributed by atoms with van der Waals surface area (Å²) in [5.41, 5.74) is 0. The average Bonchev–Trinajstić information content (AvgIpc) is 1.98. The van der Waals surface area contributed by atoms with Crippen LogP contribution in [-0.4, -0.2) is 30.2 Å². The van der Waals surface area contributed by atoms with Crippen LogP contribution in [0.2, 0.25) is 0 Å². The van der Waals surface area contributed by atoms with E-state index in [1.54, 1.807) is 4.90 Å². The highest BCUT2D eigenvalue weighted by atomic mass is 15.2. The summed E-state index contributed by atoms with van der Waals surface area (Å²) in [5, 5.41) is 7.20. The van der Waals surface area contributed by atoms with Crippen LogP contribution in [0.4, 0.5) is 0 Å². The van der Waals surface area contributed by atoms with Crippen molar-refractivity contribution in [2.45, 2.75) is 6.92 Å². The number of hydrogen-bond donors (Lipinski definition) is 1. The van der Waals surface area contributed by atoms with Crippen molar-refractivity contribution in [2.24, 2.45) is 4.99 Å². The topological polar surface area (TPSA) is 39.5 Å². The van der Waals surface area contributed by atoms with Crippen LogP contribution >= 0.6 is 0 Å². The predicted octanol–water partition coefficient (Wildman–Crippen LogP) is 0.327. The summed E-state index contributed by atoms with van der Waals surface area (Å²) in [7, 11) is 1.86. The molecule has 3 heteroatoms. The molecule has 0 saturated heterocycles. The van der Waals surface area contributed by atoms with E-state index in [0.717, 1.165) is 5.84 Å². The molecule has 0 aliphatic carbocycles. The second-order valence-corrected chi connectivity index (χ2v) is 1.87. The summed E-state index contributed by atoms with van der Waals surface area (Å²) in [4.78, 5) is 5.79. The van der Waals surface area contributed by atoms with E-state index in [9.17, 15) is 0 Å². The van der Waals surface area contributed by atoms with Gasteiger partial charge < -0.3 is 4.90 Å². The molecule has 1 aliphatic rings. The molecule has 0 aromatic carbocycles. The molecule has 0 amide bonds. The van der Waals surface area contributed by atoms with Crippen LogP contribution in [0.3, 0.4) is 0 Å². The Hall–Kier alpha value is -0.860. The zero-order valence-electron chi connectivity index (χ0n) is 5.10. The Morgan fingerprint density at radius 1 is 1.75 bits per heavy atom. The van der Waals surface area contributed by atoms with Gasteiger partial charge in [-0.15, -0.1) is 0 Å². The SMILES string of the molecule is CC1=NCC(=N)N1C. The molecule has 0 fully saturated rings. The normalized spacial score (nSPS) is 19.5. The molecule has 0 bridgehead atoms. The first-order valence-electron chi connectivity index (χ1n) is 2.54. The summed E-state index contributed by atoms with van der Waals surface area (Å²) in [6.45, 7) is 2.46. The molecular formula is C5H9N3. The highest BCUT2D eigenvalue weighted by molar-refractivity contribution is 6.03. The van der Waals surface area contributed by atoms with Crippen LogP contribution in [0.1, 0.15) is 6.92 Å². The fourth-order valence-corrected chi connectivity index (χ4v) is 0.597. The van der Waals surface area contributed by atoms with Crippen molar-refractivity contribution in [2.75, 3.05) is 13.6 Å². The number of hydrogen-bond acceptors (Lipinski definition) is 2. The first kappa shape index (κ1) is 5.28. The van der Waals surface area contributed by atoms with Gasteiger partial charge in [-0.1, -0.05) is 0 Å². The lowest BCUT2D eigenvalue weighted by Gasteiger charge is -2.08. The third-order valence-corrected chi connectivity index (χ3v) is 1.35. The minimum Gasteiger partial charge on any atom is -0.321 e. The summed E-state index contributed by atoms with van der Waals surface area (Å²) < 4.78 is 0. The minimum absolute atomic E-state index is 0.558. The molecule has 0 saturated carbocycles. The van der Waals surface area contributed by atoms with Crippen LogP contribution in [0, 0.1) is 5.41 Å². The van der Waals surface area contributed by atoms with Gasteiger partial charge in [0.05, 0.1) is 6.54 Å². The van der Waals surface area contributed by atoms with Gasteiger partial charge in [0.1, 0.15) is 11.7 Å². The molecule has 0 aromatic rings. The zero-order valence-corrected chi connectivity index (χ0v) is 5.10. The largest absolute Gasteiger partial charge is 0.321 e. The van der Waals surface area contributed by atoms with Crippen molar-refractivity contribution >= 4 is 11.7 Å². The Morgan fingerprint density at radius 3 is 2.50 bits per heavy atom. The van der Waals surface area contributed by atoms with Gasteiger partial charge in [-0.2, -0.15) is 0 Å². The number of amidine groups is 2. The molecule has 0 atom stereocenters. The van der Waals surface area contributed by atoms with Crippen LogP contribution in [0.5, 0.6) is 0 Å². The molecule has 3 nitrogen and oxygen atoms in total. The fourth-order valence-electron chi connectivity index (χ4n) is 0.597. The first-order chi connectivity index (χ1) is 3.72. The second kappa shape index (κ2) is 1.58. The lowest BCUT2D eigenvalue weighted by molar-refractivity contribution is 0.758. The van der Waals surface area contributed by atoms with Crippen molar-refractivity contribution in [3.8, 4) is 0 Å². The number of rotatable bonds is 0. The molecule has 0 spiro atoms. The van der Waals surface area contributed by atoms with E-state index in [4.69, 9.17) is 5.41 Å². The van der Waals surface area contributed by atoms with Crippen LogP contribution in [0.25, 0.3) is 0 Å². The van der Waals surface area contributed by atoms with Crippen LogP contribution < -0.4 is 0 Å². The maximum absolute atomic E-state index is 7.20. The minimum atomic E-state index is 0.558. The molecule has 1 rings (SSSR count). The van der Waals surface area contributed by atoms with Gasteiger partial charge in [-0.05, 0) is 6.92 Å². The number of nitrogens with zero attached hydrogens (tertiary/aromatic N) is 2. The molecule has 1 heterocycles. The number of aliphatic imine (C=N–C) groups is 1. The van der Waals surface area contributed by atoms with E-state index < -0.39 is 0 Å². The third kappa shape index (κ3) is 0.598. The third-order valence-electron chi connectivity index (χ3n) is 1.35. The maximum atomic E-state index is 7.20. The van der Waals surface area contributed by atoms with Gasteiger partial charge in [0.25, 0.3) is 0 Å². The average molecular weight is 111 g/mol. The Bertz CT molecular complexity index is 148. The zero-order chi connectivity index (χ0) is 6.15. The lowest BCUT2D eigenvalue weighted by atomic mass is 10.5. The molecule has 0 unspecified atom stereocenters. The lowest BCUT2D eigenvalue weighted by Crippen LogP contribution is -2.25. The Kier molecular flexibility index (Phi) is 1.04. The Balaban J connectivity index is 2.72. The number of nitrogens with one attached hydrogen (secondary N) is 1. The predicted molar refractivity (Wildman–Crippen MR) is 33.5 cm³/mol. The summed E-state index contributed by atoms with van der Waals surface area (Å²) in [6, 6.07) is 0. The van der Waals surface area contributed by atoms with Gasteiger partial charge >= 0.3 is 0 Å². The first-order valence-corrected chi connectivity index (χ1v) is 2.54. The monoisotopic (exact) mass is 111 g/mol. The molecule has 0 aromatic heterocycles. The molecule has 8 heavy (non-hydrogen) atoms. The molecule has 0 radical (unpaired) electrons. The van der Waals surface area contributed by atoms with Crippen molar-refractivity contribution in [3.05, 3.63) is 0 Å². The quantitative estimate of drug-likeness (QED) is 0.480. The van der Waals surface area contributed by atoms with Gasteiger partial charge in [0.2, 0.25) is 0 Å². The summed E-state index contributed by atoms with van der Waals surface area (Å²) >= 11 is 0. The Morgan fingerprint density at radius 2 is 2.38 bits per heavy atom. The van der Waals surface area contributed by atoms with Crippen molar-refractivity contribution < 1.29 is 0 Å². The van der Waals surface area contributed by atoms with E-state index in [0.29, 0.717) is 12.4 Å². The van der Waals surface area contributed by atoms with Crippen molar-refractivity contribution in [3.63, 3.8) is 0 Å². The molecule has 1 aliphatic heterocycles.